The fourth-order valence-corrected chi connectivity index (χ4v) is 3.23. The van der Waals surface area contributed by atoms with Gasteiger partial charge in [0.25, 0.3) is 0 Å². The maximum absolute atomic E-state index is 12.8. The van der Waals surface area contributed by atoms with E-state index in [2.05, 4.69) is 5.32 Å². The topological polar surface area (TPSA) is 88.1 Å². The monoisotopic (exact) mass is 418 g/mol. The van der Waals surface area contributed by atoms with Gasteiger partial charge >= 0.3 is 18.2 Å². The Bertz CT molecular complexity index is 791. The fourth-order valence-electron chi connectivity index (χ4n) is 3.23. The minimum atomic E-state index is -4.58. The Balaban J connectivity index is 2.25. The molecular weight excluding hydrogens is 393 g/mol. The van der Waals surface area contributed by atoms with Crippen LogP contribution in [0.2, 0.25) is 0 Å². The molecule has 1 heterocycles. The van der Waals surface area contributed by atoms with Crippen molar-refractivity contribution in [1.29, 1.82) is 0 Å². The summed E-state index contributed by atoms with van der Waals surface area (Å²) in [6.45, 7) is 6.61. The van der Waals surface area contributed by atoms with Crippen molar-refractivity contribution in [2.24, 2.45) is 0 Å². The first-order chi connectivity index (χ1) is 13.2. The minimum Gasteiger partial charge on any atom is -0.506 e. The summed E-state index contributed by atoms with van der Waals surface area (Å²) in [5, 5.41) is 12.9. The van der Waals surface area contributed by atoms with Gasteiger partial charge in [0.15, 0.2) is 0 Å². The molecule has 1 aliphatic heterocycles. The molecule has 0 spiro atoms. The number of benzene rings is 1. The number of nitrogens with zero attached hydrogens (tertiary/aromatic N) is 1. The molecule has 7 nitrogen and oxygen atoms in total. The van der Waals surface area contributed by atoms with E-state index >= 15 is 0 Å². The molecule has 1 fully saturated rings. The lowest BCUT2D eigenvalue weighted by atomic mass is 9.97. The van der Waals surface area contributed by atoms with Crippen molar-refractivity contribution in [3.05, 3.63) is 23.8 Å². The second kappa shape index (κ2) is 7.64. The van der Waals surface area contributed by atoms with Crippen LogP contribution in [0.25, 0.3) is 0 Å². The van der Waals surface area contributed by atoms with Crippen molar-refractivity contribution in [3.8, 4) is 5.75 Å². The van der Waals surface area contributed by atoms with Gasteiger partial charge in [0, 0.05) is 19.0 Å². The van der Waals surface area contributed by atoms with Crippen molar-refractivity contribution in [3.63, 3.8) is 0 Å². The first-order valence-corrected chi connectivity index (χ1v) is 8.93. The number of methoxy groups -OCH3 is 1. The summed E-state index contributed by atoms with van der Waals surface area (Å²) < 4.78 is 48.5. The van der Waals surface area contributed by atoms with Crippen LogP contribution in [-0.2, 0) is 20.4 Å². The van der Waals surface area contributed by atoms with Crippen LogP contribution in [0.15, 0.2) is 18.2 Å². The van der Waals surface area contributed by atoms with Crippen LogP contribution in [0.5, 0.6) is 5.75 Å². The third-order valence-electron chi connectivity index (χ3n) is 4.57. The molecule has 2 N–H and O–H groups in total. The predicted octanol–water partition coefficient (Wildman–Crippen LogP) is 3.76. The number of carbonyl (C=O) groups is 2. The van der Waals surface area contributed by atoms with Crippen LogP contribution in [0, 0.1) is 0 Å². The van der Waals surface area contributed by atoms with Crippen LogP contribution in [0.3, 0.4) is 0 Å². The highest BCUT2D eigenvalue weighted by Gasteiger charge is 2.52. The van der Waals surface area contributed by atoms with Crippen molar-refractivity contribution >= 4 is 17.7 Å². The van der Waals surface area contributed by atoms with Gasteiger partial charge in [-0.05, 0) is 45.9 Å². The Morgan fingerprint density at radius 3 is 2.38 bits per heavy atom. The number of ether oxygens (including phenoxy) is 2. The molecule has 1 aromatic carbocycles. The smallest absolute Gasteiger partial charge is 0.416 e. The zero-order chi connectivity index (χ0) is 22.2. The number of phenolic OH excluding ortho intramolecular Hbond substituents is 1. The summed E-state index contributed by atoms with van der Waals surface area (Å²) >= 11 is 0. The largest absolute Gasteiger partial charge is 0.506 e. The van der Waals surface area contributed by atoms with E-state index in [9.17, 15) is 27.9 Å². The molecule has 0 saturated carbocycles. The highest BCUT2D eigenvalue weighted by molar-refractivity contribution is 5.86. The standard InChI is InChI=1S/C19H25F3N2O5/c1-17(2,3)29-16(27)24-10-12(9-18(24,4)15(26)28-5)23-13-7-6-11(8-14(13)25)19(20,21)22/h6-8,12,23,25H,9-10H2,1-5H3. The Kier molecular flexibility index (Phi) is 5.97. The molecule has 0 aromatic heterocycles. The second-order valence-electron chi connectivity index (χ2n) is 8.13. The number of likely N-dealkylation sites (tertiary alicyclic amines) is 1. The molecule has 2 rings (SSSR count). The lowest BCUT2D eigenvalue weighted by molar-refractivity contribution is -0.152. The van der Waals surface area contributed by atoms with E-state index in [1.165, 1.54) is 18.9 Å². The number of amides is 1. The van der Waals surface area contributed by atoms with E-state index in [0.29, 0.717) is 6.07 Å². The zero-order valence-corrected chi connectivity index (χ0v) is 16.9. The van der Waals surface area contributed by atoms with Gasteiger partial charge in [-0.1, -0.05) is 0 Å². The summed E-state index contributed by atoms with van der Waals surface area (Å²) in [6.07, 6.45) is -5.19. The van der Waals surface area contributed by atoms with Crippen molar-refractivity contribution in [1.82, 2.24) is 4.90 Å². The lowest BCUT2D eigenvalue weighted by Gasteiger charge is -2.33. The molecule has 0 aliphatic carbocycles. The van der Waals surface area contributed by atoms with Gasteiger partial charge in [-0.25, -0.2) is 9.59 Å². The first-order valence-electron chi connectivity index (χ1n) is 8.93. The van der Waals surface area contributed by atoms with Crippen LogP contribution in [-0.4, -0.2) is 52.9 Å². The van der Waals surface area contributed by atoms with Crippen LogP contribution in [0.4, 0.5) is 23.7 Å². The van der Waals surface area contributed by atoms with Gasteiger partial charge in [-0.15, -0.1) is 0 Å². The van der Waals surface area contributed by atoms with Crippen molar-refractivity contribution in [2.45, 2.75) is 57.5 Å². The van der Waals surface area contributed by atoms with Gasteiger partial charge in [-0.3, -0.25) is 4.90 Å². The number of aromatic hydroxyl groups is 1. The highest BCUT2D eigenvalue weighted by Crippen LogP contribution is 2.37. The molecule has 10 heteroatoms. The Hall–Kier alpha value is -2.65. The number of anilines is 1. The van der Waals surface area contributed by atoms with E-state index in [1.54, 1.807) is 20.8 Å². The fraction of sp³-hybridized carbons (Fsp3) is 0.579. The number of hydrogen-bond donors (Lipinski definition) is 2. The average molecular weight is 418 g/mol. The molecule has 29 heavy (non-hydrogen) atoms. The predicted molar refractivity (Wildman–Crippen MR) is 98.5 cm³/mol. The molecule has 1 saturated heterocycles. The average Bonchev–Trinajstić information content (AvgIpc) is 2.91. The van der Waals surface area contributed by atoms with E-state index in [0.717, 1.165) is 12.1 Å². The molecule has 1 amide bonds. The van der Waals surface area contributed by atoms with Gasteiger partial charge in [-0.2, -0.15) is 13.2 Å². The molecular formula is C19H25F3N2O5. The Labute approximate surface area is 166 Å². The van der Waals surface area contributed by atoms with Gasteiger partial charge in [0.1, 0.15) is 16.9 Å². The number of halogens is 3. The van der Waals surface area contributed by atoms with Crippen LogP contribution in [0.1, 0.15) is 39.7 Å². The number of hydrogen-bond acceptors (Lipinski definition) is 6. The Morgan fingerprint density at radius 2 is 1.90 bits per heavy atom. The first kappa shape index (κ1) is 22.6. The normalized spacial score (nSPS) is 22.3. The molecule has 2 unspecified atom stereocenters. The van der Waals surface area contributed by atoms with Gasteiger partial charge < -0.3 is 19.9 Å². The third-order valence-corrected chi connectivity index (χ3v) is 4.57. The maximum Gasteiger partial charge on any atom is 0.416 e. The van der Waals surface area contributed by atoms with Crippen LogP contribution < -0.4 is 5.32 Å². The molecule has 162 valence electrons. The summed E-state index contributed by atoms with van der Waals surface area (Å²) in [4.78, 5) is 26.2. The summed E-state index contributed by atoms with van der Waals surface area (Å²) in [6, 6.07) is 2.02. The Morgan fingerprint density at radius 1 is 1.28 bits per heavy atom. The van der Waals surface area contributed by atoms with Crippen molar-refractivity contribution in [2.75, 3.05) is 19.0 Å². The number of rotatable bonds is 3. The lowest BCUT2D eigenvalue weighted by Crippen LogP contribution is -2.52. The van der Waals surface area contributed by atoms with Crippen molar-refractivity contribution < 1.29 is 37.3 Å². The van der Waals surface area contributed by atoms with Gasteiger partial charge in [0.05, 0.1) is 18.4 Å². The number of phenols is 1. The summed E-state index contributed by atoms with van der Waals surface area (Å²) in [7, 11) is 1.20. The second-order valence-corrected chi connectivity index (χ2v) is 8.13. The zero-order valence-electron chi connectivity index (χ0n) is 16.9. The SMILES string of the molecule is COC(=O)C1(C)CC(Nc2ccc(C(F)(F)F)cc2O)CN1C(=O)OC(C)(C)C. The molecule has 2 atom stereocenters. The number of nitrogens with one attached hydrogen (secondary N) is 1. The number of esters is 1. The third kappa shape index (κ3) is 5.04. The quantitative estimate of drug-likeness (QED) is 0.574. The van der Waals surface area contributed by atoms with E-state index < -0.39 is 46.7 Å². The summed E-state index contributed by atoms with van der Waals surface area (Å²) in [5.41, 5.74) is -3.05. The van der Waals surface area contributed by atoms with E-state index in [4.69, 9.17) is 9.47 Å². The molecule has 1 aromatic rings. The molecule has 0 bridgehead atoms. The number of alkyl halides is 3. The molecule has 0 radical (unpaired) electrons. The van der Waals surface area contributed by atoms with Crippen LogP contribution >= 0.6 is 0 Å². The maximum atomic E-state index is 12.8. The number of carbonyl (C=O) groups excluding carboxylic acids is 2. The summed E-state index contributed by atoms with van der Waals surface area (Å²) in [5.74, 6) is -1.24. The minimum absolute atomic E-state index is 0.0287. The van der Waals surface area contributed by atoms with E-state index in [-0.39, 0.29) is 18.7 Å². The highest BCUT2D eigenvalue weighted by atomic mass is 19.4. The molecule has 1 aliphatic rings. The van der Waals surface area contributed by atoms with Gasteiger partial charge in [0.2, 0.25) is 0 Å². The van der Waals surface area contributed by atoms with E-state index in [1.807, 2.05) is 0 Å².